The van der Waals surface area contributed by atoms with E-state index >= 15 is 4.39 Å². The first-order valence-corrected chi connectivity index (χ1v) is 10.5. The summed E-state index contributed by atoms with van der Waals surface area (Å²) < 4.78 is 20.4. The van der Waals surface area contributed by atoms with Gasteiger partial charge in [0.1, 0.15) is 5.83 Å². The van der Waals surface area contributed by atoms with Crippen LogP contribution in [0.15, 0.2) is 11.4 Å². The van der Waals surface area contributed by atoms with E-state index in [9.17, 15) is 15.0 Å². The Labute approximate surface area is 166 Å². The topological polar surface area (TPSA) is 66.8 Å². The Morgan fingerprint density at radius 1 is 1.25 bits per heavy atom. The molecule has 0 aromatic rings. The van der Waals surface area contributed by atoms with Crippen molar-refractivity contribution in [2.24, 2.45) is 28.6 Å². The second-order valence-electron chi connectivity index (χ2n) is 9.91. The molecule has 28 heavy (non-hydrogen) atoms. The fourth-order valence-corrected chi connectivity index (χ4v) is 7.37. The van der Waals surface area contributed by atoms with E-state index in [2.05, 4.69) is 12.8 Å². The van der Waals surface area contributed by atoms with Crippen molar-refractivity contribution in [2.45, 2.75) is 83.5 Å². The van der Waals surface area contributed by atoms with Crippen LogP contribution in [0.5, 0.6) is 0 Å². The summed E-state index contributed by atoms with van der Waals surface area (Å²) in [6.07, 6.45) is 8.87. The molecule has 0 saturated heterocycles. The summed E-state index contributed by atoms with van der Waals surface area (Å²) in [5.74, 6) is 2.56. The number of carbonyl (C=O) groups excluding carboxylic acids is 1. The number of ether oxygens (including phenoxy) is 1. The number of hydrogen-bond acceptors (Lipinski definition) is 4. The molecule has 154 valence electrons. The first kappa shape index (κ1) is 19.9. The van der Waals surface area contributed by atoms with E-state index in [-0.39, 0.29) is 17.2 Å². The molecule has 0 aliphatic heterocycles. The molecule has 4 aliphatic carbocycles. The minimum Gasteiger partial charge on any atom is -0.455 e. The van der Waals surface area contributed by atoms with Crippen LogP contribution in [-0.2, 0) is 9.53 Å². The normalized spacial score (nSPS) is 50.2. The van der Waals surface area contributed by atoms with Crippen molar-refractivity contribution in [1.29, 1.82) is 0 Å². The molecule has 0 bridgehead atoms. The molecule has 0 heterocycles. The van der Waals surface area contributed by atoms with Crippen LogP contribution >= 0.6 is 0 Å². The maximum atomic E-state index is 15.2. The molecule has 0 radical (unpaired) electrons. The van der Waals surface area contributed by atoms with Crippen LogP contribution < -0.4 is 0 Å². The third-order valence-corrected chi connectivity index (χ3v) is 8.92. The number of aliphatic hydroxyl groups excluding tert-OH is 1. The summed E-state index contributed by atoms with van der Waals surface area (Å²) in [6.45, 7) is 5.50. The average molecular weight is 390 g/mol. The molecule has 0 spiro atoms. The second-order valence-corrected chi connectivity index (χ2v) is 9.91. The highest BCUT2D eigenvalue weighted by molar-refractivity contribution is 5.66. The standard InChI is InChI=1S/C23H31FO4/c1-5-23(27)19(26)12-17-14-6-7-16-20(24)18(28-13(2)25)9-10-21(16,3)15(14)8-11-22(17,23)4/h1,14-15,17-19,26-27H,6-12H2,2-4H3/t14-,15+,17+,18+,19-,21-,22+,23+/m1/s1. The lowest BCUT2D eigenvalue weighted by Gasteiger charge is -2.58. The predicted molar refractivity (Wildman–Crippen MR) is 102 cm³/mol. The van der Waals surface area contributed by atoms with Crippen molar-refractivity contribution in [2.75, 3.05) is 0 Å². The summed E-state index contributed by atoms with van der Waals surface area (Å²) in [5, 5.41) is 21.6. The number of hydrogen-bond donors (Lipinski definition) is 2. The zero-order chi connectivity index (χ0) is 20.5. The molecule has 0 amide bonds. The molecule has 0 aromatic heterocycles. The van der Waals surface area contributed by atoms with Crippen LogP contribution in [0.25, 0.3) is 0 Å². The Hall–Kier alpha value is -1.38. The summed E-state index contributed by atoms with van der Waals surface area (Å²) >= 11 is 0. The highest BCUT2D eigenvalue weighted by atomic mass is 19.1. The highest BCUT2D eigenvalue weighted by Gasteiger charge is 2.67. The van der Waals surface area contributed by atoms with Gasteiger partial charge >= 0.3 is 5.97 Å². The van der Waals surface area contributed by atoms with Gasteiger partial charge in [-0.15, -0.1) is 6.42 Å². The Morgan fingerprint density at radius 3 is 2.61 bits per heavy atom. The van der Waals surface area contributed by atoms with Gasteiger partial charge in [0.15, 0.2) is 11.7 Å². The van der Waals surface area contributed by atoms with Crippen LogP contribution in [0, 0.1) is 40.9 Å². The van der Waals surface area contributed by atoms with Gasteiger partial charge < -0.3 is 14.9 Å². The molecule has 3 fully saturated rings. The van der Waals surface area contributed by atoms with E-state index in [1.54, 1.807) is 0 Å². The number of rotatable bonds is 1. The zero-order valence-electron chi connectivity index (χ0n) is 17.0. The van der Waals surface area contributed by atoms with Gasteiger partial charge in [0.25, 0.3) is 0 Å². The quantitative estimate of drug-likeness (QED) is 0.531. The van der Waals surface area contributed by atoms with Crippen LogP contribution in [0.3, 0.4) is 0 Å². The third-order valence-electron chi connectivity index (χ3n) is 8.92. The largest absolute Gasteiger partial charge is 0.455 e. The molecule has 4 aliphatic rings. The Balaban J connectivity index is 1.68. The SMILES string of the molecule is C#C[C@]1(O)[C@H](O)C[C@H]2[C@@H]3CCC4=C(F)[C@@H](OC(C)=O)CC[C@]4(C)[C@H]3CC[C@@]21C. The van der Waals surface area contributed by atoms with Crippen molar-refractivity contribution in [3.8, 4) is 12.3 Å². The van der Waals surface area contributed by atoms with E-state index in [0.717, 1.165) is 31.3 Å². The van der Waals surface area contributed by atoms with Gasteiger partial charge in [-0.2, -0.15) is 0 Å². The van der Waals surface area contributed by atoms with Crippen molar-refractivity contribution >= 4 is 5.97 Å². The number of esters is 1. The summed E-state index contributed by atoms with van der Waals surface area (Å²) in [6, 6.07) is 0. The molecule has 4 rings (SSSR count). The van der Waals surface area contributed by atoms with Crippen LogP contribution in [0.2, 0.25) is 0 Å². The van der Waals surface area contributed by atoms with E-state index in [1.165, 1.54) is 6.92 Å². The number of allylic oxidation sites excluding steroid dienone is 1. The van der Waals surface area contributed by atoms with E-state index < -0.39 is 29.2 Å². The minimum absolute atomic E-state index is 0.134. The number of fused-ring (bicyclic) bond motifs is 5. The first-order chi connectivity index (χ1) is 13.1. The molecule has 4 nitrogen and oxygen atoms in total. The zero-order valence-corrected chi connectivity index (χ0v) is 17.0. The second kappa shape index (κ2) is 6.31. The number of terminal acetylenes is 1. The van der Waals surface area contributed by atoms with Crippen molar-refractivity contribution < 1.29 is 24.1 Å². The van der Waals surface area contributed by atoms with E-state index in [0.29, 0.717) is 31.1 Å². The molecule has 3 saturated carbocycles. The molecule has 0 aromatic carbocycles. The first-order valence-electron chi connectivity index (χ1n) is 10.5. The molecule has 8 atom stereocenters. The lowest BCUT2D eigenvalue weighted by molar-refractivity contribution is -0.148. The Bertz CT molecular complexity index is 769. The fraction of sp³-hybridized carbons (Fsp3) is 0.783. The van der Waals surface area contributed by atoms with Crippen molar-refractivity contribution in [1.82, 2.24) is 0 Å². The van der Waals surface area contributed by atoms with Gasteiger partial charge in [-0.25, -0.2) is 4.39 Å². The molecular weight excluding hydrogens is 359 g/mol. The monoisotopic (exact) mass is 390 g/mol. The predicted octanol–water partition coefficient (Wildman–Crippen LogP) is 3.51. The lowest BCUT2D eigenvalue weighted by Crippen LogP contribution is -2.56. The van der Waals surface area contributed by atoms with Crippen molar-refractivity contribution in [3.05, 3.63) is 11.4 Å². The lowest BCUT2D eigenvalue weighted by atomic mass is 9.46. The van der Waals surface area contributed by atoms with Gasteiger partial charge in [0.2, 0.25) is 0 Å². The van der Waals surface area contributed by atoms with Gasteiger partial charge in [0, 0.05) is 12.3 Å². The smallest absolute Gasteiger partial charge is 0.303 e. The summed E-state index contributed by atoms with van der Waals surface area (Å²) in [5.41, 5.74) is -1.43. The molecule has 2 N–H and O–H groups in total. The summed E-state index contributed by atoms with van der Waals surface area (Å²) in [4.78, 5) is 11.3. The van der Waals surface area contributed by atoms with Gasteiger partial charge in [-0.3, -0.25) is 4.79 Å². The van der Waals surface area contributed by atoms with Crippen molar-refractivity contribution in [3.63, 3.8) is 0 Å². The fourth-order valence-electron chi connectivity index (χ4n) is 7.37. The average Bonchev–Trinajstić information content (AvgIpc) is 2.85. The number of halogens is 1. The number of carbonyl (C=O) groups is 1. The van der Waals surface area contributed by atoms with Gasteiger partial charge in [-0.1, -0.05) is 19.8 Å². The Morgan fingerprint density at radius 2 is 1.96 bits per heavy atom. The summed E-state index contributed by atoms with van der Waals surface area (Å²) in [7, 11) is 0. The molecule has 5 heteroatoms. The van der Waals surface area contributed by atoms with E-state index in [1.807, 2.05) is 6.92 Å². The Kier molecular flexibility index (Phi) is 4.49. The van der Waals surface area contributed by atoms with Gasteiger partial charge in [0.05, 0.1) is 6.10 Å². The maximum Gasteiger partial charge on any atom is 0.303 e. The number of aliphatic hydroxyl groups is 2. The maximum absolute atomic E-state index is 15.2. The third kappa shape index (κ3) is 2.40. The molecular formula is C23H31FO4. The van der Waals surface area contributed by atoms with E-state index in [4.69, 9.17) is 11.2 Å². The van der Waals surface area contributed by atoms with Crippen LogP contribution in [0.1, 0.15) is 65.7 Å². The van der Waals surface area contributed by atoms with Gasteiger partial charge in [-0.05, 0) is 73.7 Å². The molecule has 0 unspecified atom stereocenters. The highest BCUT2D eigenvalue weighted by Crippen LogP contribution is 2.68. The van der Waals surface area contributed by atoms with Crippen LogP contribution in [0.4, 0.5) is 4.39 Å². The van der Waals surface area contributed by atoms with Crippen LogP contribution in [-0.4, -0.2) is 34.0 Å². The minimum atomic E-state index is -1.49.